The lowest BCUT2D eigenvalue weighted by Gasteiger charge is -2.33. The second kappa shape index (κ2) is 6.25. The fraction of sp³-hybridized carbons (Fsp3) is 0.647. The first-order valence-electron chi connectivity index (χ1n) is 7.52. The molecule has 2 atom stereocenters. The number of benzene rings is 1. The zero-order chi connectivity index (χ0) is 14.8. The summed E-state index contributed by atoms with van der Waals surface area (Å²) in [5.74, 6) is 0. The molecule has 1 aromatic rings. The maximum atomic E-state index is 9.93. The molecule has 2 unspecified atom stereocenters. The Bertz CT molecular complexity index is 443. The van der Waals surface area contributed by atoms with Gasteiger partial charge in [0.25, 0.3) is 0 Å². The molecule has 1 saturated heterocycles. The van der Waals surface area contributed by atoms with E-state index in [1.54, 1.807) is 0 Å². The van der Waals surface area contributed by atoms with E-state index in [-0.39, 0.29) is 12.7 Å². The van der Waals surface area contributed by atoms with E-state index in [0.717, 1.165) is 26.0 Å². The van der Waals surface area contributed by atoms with Crippen LogP contribution >= 0.6 is 0 Å². The van der Waals surface area contributed by atoms with Crippen LogP contribution in [-0.4, -0.2) is 31.0 Å². The fourth-order valence-corrected chi connectivity index (χ4v) is 3.42. The zero-order valence-electron chi connectivity index (χ0n) is 13.1. The highest BCUT2D eigenvalue weighted by atomic mass is 16.5. The van der Waals surface area contributed by atoms with Gasteiger partial charge in [0.1, 0.15) is 0 Å². The summed E-state index contributed by atoms with van der Waals surface area (Å²) in [7, 11) is 0. The normalized spacial score (nSPS) is 21.9. The van der Waals surface area contributed by atoms with E-state index in [0.29, 0.717) is 0 Å². The molecule has 112 valence electrons. The van der Waals surface area contributed by atoms with Crippen LogP contribution in [0.4, 0.5) is 0 Å². The summed E-state index contributed by atoms with van der Waals surface area (Å²) in [4.78, 5) is 0. The first-order valence-corrected chi connectivity index (χ1v) is 7.52. The van der Waals surface area contributed by atoms with Gasteiger partial charge in [-0.1, -0.05) is 17.7 Å². The lowest BCUT2D eigenvalue weighted by molar-refractivity contribution is 0.0907. The van der Waals surface area contributed by atoms with Crippen molar-refractivity contribution < 1.29 is 9.84 Å². The average molecular weight is 277 g/mol. The van der Waals surface area contributed by atoms with E-state index in [1.807, 2.05) is 0 Å². The van der Waals surface area contributed by atoms with E-state index in [2.05, 4.69) is 45.1 Å². The Morgan fingerprint density at radius 3 is 2.45 bits per heavy atom. The average Bonchev–Trinajstić information content (AvgIpc) is 2.88. The molecule has 2 rings (SSSR count). The summed E-state index contributed by atoms with van der Waals surface area (Å²) in [6.45, 7) is 10.2. The highest BCUT2D eigenvalue weighted by Gasteiger charge is 2.30. The zero-order valence-corrected chi connectivity index (χ0v) is 13.1. The predicted molar refractivity (Wildman–Crippen MR) is 82.1 cm³/mol. The number of hydrogen-bond donors (Lipinski definition) is 2. The maximum absolute atomic E-state index is 9.93. The standard InChI is InChI=1S/C17H27NO2/c1-12-8-13(2)16(14(3)9-12)17(4,11-19)18-10-15-6-5-7-20-15/h8-9,15,18-19H,5-7,10-11H2,1-4H3. The van der Waals surface area contributed by atoms with Gasteiger partial charge >= 0.3 is 0 Å². The minimum atomic E-state index is -0.409. The lowest BCUT2D eigenvalue weighted by Crippen LogP contribution is -2.47. The maximum Gasteiger partial charge on any atom is 0.0700 e. The third-order valence-electron chi connectivity index (χ3n) is 4.29. The molecular formula is C17H27NO2. The van der Waals surface area contributed by atoms with Crippen molar-refractivity contribution in [3.05, 3.63) is 34.4 Å². The van der Waals surface area contributed by atoms with Crippen molar-refractivity contribution in [3.8, 4) is 0 Å². The summed E-state index contributed by atoms with van der Waals surface area (Å²) >= 11 is 0. The first-order chi connectivity index (χ1) is 9.46. The Balaban J connectivity index is 2.20. The molecule has 1 aromatic carbocycles. The molecule has 0 saturated carbocycles. The van der Waals surface area contributed by atoms with Crippen molar-refractivity contribution in [2.24, 2.45) is 0 Å². The van der Waals surface area contributed by atoms with Gasteiger partial charge in [0.15, 0.2) is 0 Å². The van der Waals surface area contributed by atoms with Crippen LogP contribution in [0.2, 0.25) is 0 Å². The van der Waals surface area contributed by atoms with Crippen LogP contribution < -0.4 is 5.32 Å². The number of aliphatic hydroxyl groups is 1. The molecule has 3 nitrogen and oxygen atoms in total. The molecule has 1 aliphatic heterocycles. The van der Waals surface area contributed by atoms with Crippen LogP contribution in [0.25, 0.3) is 0 Å². The quantitative estimate of drug-likeness (QED) is 0.869. The lowest BCUT2D eigenvalue weighted by atomic mass is 9.84. The summed E-state index contributed by atoms with van der Waals surface area (Å²) in [6, 6.07) is 4.37. The Morgan fingerprint density at radius 1 is 1.30 bits per heavy atom. The number of aryl methyl sites for hydroxylation is 3. The minimum Gasteiger partial charge on any atom is -0.394 e. The third kappa shape index (κ3) is 3.22. The second-order valence-electron chi connectivity index (χ2n) is 6.28. The van der Waals surface area contributed by atoms with Gasteiger partial charge in [0, 0.05) is 13.2 Å². The largest absolute Gasteiger partial charge is 0.394 e. The SMILES string of the molecule is Cc1cc(C)c(C(C)(CO)NCC2CCCO2)c(C)c1. The molecule has 20 heavy (non-hydrogen) atoms. The number of ether oxygens (including phenoxy) is 1. The van der Waals surface area contributed by atoms with Crippen LogP contribution in [-0.2, 0) is 10.3 Å². The van der Waals surface area contributed by atoms with Crippen molar-refractivity contribution in [3.63, 3.8) is 0 Å². The molecule has 0 bridgehead atoms. The molecule has 0 spiro atoms. The van der Waals surface area contributed by atoms with Crippen LogP contribution in [0, 0.1) is 20.8 Å². The van der Waals surface area contributed by atoms with Crippen molar-refractivity contribution in [1.29, 1.82) is 0 Å². The van der Waals surface area contributed by atoms with Gasteiger partial charge in [-0.25, -0.2) is 0 Å². The Kier molecular flexibility index (Phi) is 4.84. The van der Waals surface area contributed by atoms with E-state index >= 15 is 0 Å². The highest BCUT2D eigenvalue weighted by Crippen LogP contribution is 2.28. The predicted octanol–water partition coefficient (Wildman–Crippen LogP) is 2.59. The van der Waals surface area contributed by atoms with Crippen molar-refractivity contribution >= 4 is 0 Å². The molecule has 0 amide bonds. The number of rotatable bonds is 5. The van der Waals surface area contributed by atoms with E-state index in [9.17, 15) is 5.11 Å². The highest BCUT2D eigenvalue weighted by molar-refractivity contribution is 5.42. The molecule has 1 fully saturated rings. The smallest absolute Gasteiger partial charge is 0.0700 e. The van der Waals surface area contributed by atoms with Gasteiger partial charge < -0.3 is 15.2 Å². The third-order valence-corrected chi connectivity index (χ3v) is 4.29. The van der Waals surface area contributed by atoms with Crippen molar-refractivity contribution in [2.45, 2.75) is 52.2 Å². The van der Waals surface area contributed by atoms with Gasteiger partial charge in [-0.2, -0.15) is 0 Å². The van der Waals surface area contributed by atoms with E-state index in [1.165, 1.54) is 22.3 Å². The summed E-state index contributed by atoms with van der Waals surface area (Å²) in [5.41, 5.74) is 4.54. The van der Waals surface area contributed by atoms with Crippen LogP contribution in [0.5, 0.6) is 0 Å². The monoisotopic (exact) mass is 277 g/mol. The summed E-state index contributed by atoms with van der Waals surface area (Å²) in [5, 5.41) is 13.5. The Labute approximate surface area is 122 Å². The van der Waals surface area contributed by atoms with Gasteiger partial charge in [-0.3, -0.25) is 0 Å². The van der Waals surface area contributed by atoms with Crippen LogP contribution in [0.3, 0.4) is 0 Å². The minimum absolute atomic E-state index is 0.0878. The number of aliphatic hydroxyl groups excluding tert-OH is 1. The van der Waals surface area contributed by atoms with E-state index < -0.39 is 5.54 Å². The topological polar surface area (TPSA) is 41.5 Å². The van der Waals surface area contributed by atoms with Gasteiger partial charge in [-0.15, -0.1) is 0 Å². The van der Waals surface area contributed by atoms with Gasteiger partial charge in [-0.05, 0) is 57.2 Å². The molecule has 0 aliphatic carbocycles. The van der Waals surface area contributed by atoms with Gasteiger partial charge in [0.05, 0.1) is 18.2 Å². The number of nitrogens with one attached hydrogen (secondary N) is 1. The van der Waals surface area contributed by atoms with Crippen molar-refractivity contribution in [1.82, 2.24) is 5.32 Å². The Hall–Kier alpha value is -0.900. The van der Waals surface area contributed by atoms with E-state index in [4.69, 9.17) is 4.74 Å². The molecule has 1 heterocycles. The summed E-state index contributed by atoms with van der Waals surface area (Å²) < 4.78 is 5.66. The molecule has 3 heteroatoms. The first kappa shape index (κ1) is 15.5. The molecule has 0 aromatic heterocycles. The van der Waals surface area contributed by atoms with Crippen LogP contribution in [0.1, 0.15) is 42.0 Å². The molecule has 2 N–H and O–H groups in total. The summed E-state index contributed by atoms with van der Waals surface area (Å²) in [6.07, 6.45) is 2.54. The van der Waals surface area contributed by atoms with Crippen molar-refractivity contribution in [2.75, 3.05) is 19.8 Å². The van der Waals surface area contributed by atoms with Crippen LogP contribution in [0.15, 0.2) is 12.1 Å². The molecule has 0 radical (unpaired) electrons. The Morgan fingerprint density at radius 2 is 1.95 bits per heavy atom. The fourth-order valence-electron chi connectivity index (χ4n) is 3.42. The molecular weight excluding hydrogens is 250 g/mol. The number of hydrogen-bond acceptors (Lipinski definition) is 3. The second-order valence-corrected chi connectivity index (χ2v) is 6.28. The molecule has 1 aliphatic rings. The van der Waals surface area contributed by atoms with Gasteiger partial charge in [0.2, 0.25) is 0 Å².